The first-order chi connectivity index (χ1) is 11.9. The molecule has 1 spiro atoms. The van der Waals surface area contributed by atoms with Gasteiger partial charge in [0, 0.05) is 28.2 Å². The van der Waals surface area contributed by atoms with Crippen LogP contribution in [0.5, 0.6) is 0 Å². The van der Waals surface area contributed by atoms with E-state index in [0.29, 0.717) is 12.4 Å². The van der Waals surface area contributed by atoms with Crippen LogP contribution in [-0.2, 0) is 5.41 Å². The molecule has 2 aromatic rings. The number of anilines is 2. The minimum Gasteiger partial charge on any atom is -0.365 e. The molecule has 2 aliphatic rings. The predicted octanol–water partition coefficient (Wildman–Crippen LogP) is 3.42. The van der Waals surface area contributed by atoms with Crippen molar-refractivity contribution >= 4 is 39.0 Å². The first-order valence-corrected chi connectivity index (χ1v) is 8.72. The summed E-state index contributed by atoms with van der Waals surface area (Å²) in [6, 6.07) is 7.25. The predicted molar refractivity (Wildman–Crippen MR) is 96.1 cm³/mol. The highest BCUT2D eigenvalue weighted by Gasteiger charge is 2.48. The smallest absolute Gasteiger partial charge is 0.288 e. The zero-order valence-corrected chi connectivity index (χ0v) is 14.8. The Morgan fingerprint density at radius 2 is 2.12 bits per heavy atom. The lowest BCUT2D eigenvalue weighted by Gasteiger charge is -2.39. The Labute approximate surface area is 152 Å². The van der Waals surface area contributed by atoms with Crippen LogP contribution in [0.15, 0.2) is 34.9 Å². The second-order valence-corrected chi connectivity index (χ2v) is 7.48. The van der Waals surface area contributed by atoms with E-state index in [2.05, 4.69) is 27.0 Å². The van der Waals surface area contributed by atoms with Crippen molar-refractivity contribution in [2.75, 3.05) is 11.4 Å². The van der Waals surface area contributed by atoms with Crippen molar-refractivity contribution in [2.24, 2.45) is 5.73 Å². The van der Waals surface area contributed by atoms with E-state index in [1.165, 1.54) is 17.8 Å². The van der Waals surface area contributed by atoms with Gasteiger partial charge in [-0.05, 0) is 36.6 Å². The van der Waals surface area contributed by atoms with E-state index >= 15 is 0 Å². The van der Waals surface area contributed by atoms with Crippen LogP contribution in [0.25, 0.3) is 0 Å². The molecule has 1 amide bonds. The molecule has 1 aromatic heterocycles. The molecule has 25 heavy (non-hydrogen) atoms. The van der Waals surface area contributed by atoms with Crippen molar-refractivity contribution in [1.29, 1.82) is 0 Å². The highest BCUT2D eigenvalue weighted by Crippen LogP contribution is 2.55. The van der Waals surface area contributed by atoms with Crippen LogP contribution in [0.3, 0.4) is 0 Å². The number of carbonyl (C=O) groups excluding carboxylic acids is 1. The summed E-state index contributed by atoms with van der Waals surface area (Å²) in [5.41, 5.74) is 7.56. The molecule has 0 atom stereocenters. The van der Waals surface area contributed by atoms with Gasteiger partial charge in [-0.25, -0.2) is 4.98 Å². The zero-order chi connectivity index (χ0) is 17.8. The van der Waals surface area contributed by atoms with Crippen LogP contribution >= 0.6 is 15.9 Å². The van der Waals surface area contributed by atoms with Crippen LogP contribution < -0.4 is 10.6 Å². The molecular weight excluding hydrogens is 388 g/mol. The molecule has 1 fully saturated rings. The molecule has 0 radical (unpaired) electrons. The van der Waals surface area contributed by atoms with Crippen LogP contribution in [0.2, 0.25) is 0 Å². The second kappa shape index (κ2) is 5.52. The molecule has 0 saturated heterocycles. The normalized spacial score (nSPS) is 17.2. The average Bonchev–Trinajstić information content (AvgIpc) is 2.88. The molecule has 2 heterocycles. The summed E-state index contributed by atoms with van der Waals surface area (Å²) in [5, 5.41) is 11.0. The Morgan fingerprint density at radius 1 is 1.36 bits per heavy atom. The van der Waals surface area contributed by atoms with Crippen LogP contribution in [0.4, 0.5) is 17.2 Å². The zero-order valence-electron chi connectivity index (χ0n) is 13.2. The van der Waals surface area contributed by atoms with Crippen molar-refractivity contribution in [3.8, 4) is 0 Å². The van der Waals surface area contributed by atoms with Gasteiger partial charge >= 0.3 is 0 Å². The highest BCUT2D eigenvalue weighted by atomic mass is 79.9. The topological polar surface area (TPSA) is 102 Å². The van der Waals surface area contributed by atoms with Crippen molar-refractivity contribution < 1.29 is 9.72 Å². The molecule has 7 nitrogen and oxygen atoms in total. The number of nitrogens with two attached hydrogens (primary N) is 1. The number of primary amides is 1. The number of halogens is 1. The fourth-order valence-electron chi connectivity index (χ4n) is 3.80. The summed E-state index contributed by atoms with van der Waals surface area (Å²) >= 11 is 3.53. The number of benzene rings is 1. The van der Waals surface area contributed by atoms with Gasteiger partial charge in [0.05, 0.1) is 10.5 Å². The van der Waals surface area contributed by atoms with Crippen molar-refractivity contribution in [2.45, 2.75) is 24.7 Å². The molecule has 4 rings (SSSR count). The minimum absolute atomic E-state index is 0.0531. The Hall–Kier alpha value is -2.48. The summed E-state index contributed by atoms with van der Waals surface area (Å²) in [7, 11) is 0. The maximum absolute atomic E-state index is 11.9. The van der Waals surface area contributed by atoms with Gasteiger partial charge < -0.3 is 10.6 Å². The molecule has 2 N–H and O–H groups in total. The third-order valence-corrected chi connectivity index (χ3v) is 5.67. The number of hydrogen-bond donors (Lipinski definition) is 1. The monoisotopic (exact) mass is 402 g/mol. The Balaban J connectivity index is 1.86. The van der Waals surface area contributed by atoms with Gasteiger partial charge in [0.15, 0.2) is 0 Å². The SMILES string of the molecule is NC(=O)c1cc([N+](=O)[O-])cnc1N1CC2(CCC2)c2cc(Br)ccc21. The van der Waals surface area contributed by atoms with E-state index < -0.39 is 10.8 Å². The van der Waals surface area contributed by atoms with Gasteiger partial charge in [0.25, 0.3) is 11.6 Å². The van der Waals surface area contributed by atoms with Crippen molar-refractivity contribution in [1.82, 2.24) is 4.98 Å². The maximum Gasteiger partial charge on any atom is 0.288 e. The van der Waals surface area contributed by atoms with Gasteiger partial charge in [0.2, 0.25) is 0 Å². The summed E-state index contributed by atoms with van der Waals surface area (Å²) in [5.74, 6) is -0.343. The van der Waals surface area contributed by atoms with Crippen molar-refractivity contribution in [3.63, 3.8) is 0 Å². The molecule has 1 saturated carbocycles. The fraction of sp³-hybridized carbons (Fsp3) is 0.294. The Kier molecular flexibility index (Phi) is 3.54. The van der Waals surface area contributed by atoms with E-state index in [-0.39, 0.29) is 16.7 Å². The molecule has 8 heteroatoms. The molecule has 128 valence electrons. The largest absolute Gasteiger partial charge is 0.365 e. The van der Waals surface area contributed by atoms with Crippen molar-refractivity contribution in [3.05, 3.63) is 56.2 Å². The minimum atomic E-state index is -0.723. The summed E-state index contributed by atoms with van der Waals surface area (Å²) in [6.45, 7) is 0.698. The molecular formula is C17H15BrN4O3. The molecule has 1 aliphatic carbocycles. The number of nitrogens with zero attached hydrogens (tertiary/aromatic N) is 3. The van der Waals surface area contributed by atoms with Crippen LogP contribution in [0.1, 0.15) is 35.2 Å². The van der Waals surface area contributed by atoms with E-state index in [1.807, 2.05) is 17.0 Å². The van der Waals surface area contributed by atoms with E-state index in [9.17, 15) is 14.9 Å². The van der Waals surface area contributed by atoms with E-state index in [4.69, 9.17) is 5.73 Å². The number of fused-ring (bicyclic) bond motifs is 2. The highest BCUT2D eigenvalue weighted by molar-refractivity contribution is 9.10. The number of aromatic nitrogens is 1. The Morgan fingerprint density at radius 3 is 2.72 bits per heavy atom. The standard InChI is InChI=1S/C17H15BrN4O3/c18-10-2-3-14-13(6-10)17(4-1-5-17)9-21(14)16-12(15(19)23)7-11(8-20-16)22(24)25/h2-3,6-8H,1,4-5,9H2,(H2,19,23). The first kappa shape index (κ1) is 16.0. The third kappa shape index (κ3) is 2.39. The third-order valence-electron chi connectivity index (χ3n) is 5.18. The van der Waals surface area contributed by atoms with E-state index in [1.54, 1.807) is 0 Å². The molecule has 1 aromatic carbocycles. The van der Waals surface area contributed by atoms with Crippen LogP contribution in [-0.4, -0.2) is 22.4 Å². The average molecular weight is 403 g/mol. The van der Waals surface area contributed by atoms with Gasteiger partial charge in [-0.2, -0.15) is 0 Å². The number of rotatable bonds is 3. The van der Waals surface area contributed by atoms with Gasteiger partial charge in [-0.3, -0.25) is 14.9 Å². The Bertz CT molecular complexity index is 911. The number of pyridine rings is 1. The quantitative estimate of drug-likeness (QED) is 0.625. The molecule has 0 bridgehead atoms. The summed E-state index contributed by atoms with van der Waals surface area (Å²) in [6.07, 6.45) is 4.49. The number of hydrogen-bond acceptors (Lipinski definition) is 5. The number of carbonyl (C=O) groups is 1. The summed E-state index contributed by atoms with van der Waals surface area (Å²) in [4.78, 5) is 28.5. The number of amides is 1. The van der Waals surface area contributed by atoms with Gasteiger partial charge in [-0.15, -0.1) is 0 Å². The summed E-state index contributed by atoms with van der Waals surface area (Å²) < 4.78 is 1.01. The second-order valence-electron chi connectivity index (χ2n) is 6.57. The lowest BCUT2D eigenvalue weighted by Crippen LogP contribution is -2.38. The lowest BCUT2D eigenvalue weighted by atomic mass is 9.66. The molecule has 0 unspecified atom stereocenters. The fourth-order valence-corrected chi connectivity index (χ4v) is 4.17. The van der Waals surface area contributed by atoms with Gasteiger partial charge in [-0.1, -0.05) is 22.4 Å². The van der Waals surface area contributed by atoms with E-state index in [0.717, 1.165) is 29.4 Å². The maximum atomic E-state index is 11.9. The molecule has 1 aliphatic heterocycles. The van der Waals surface area contributed by atoms with Crippen LogP contribution in [0, 0.1) is 10.1 Å². The number of nitro groups is 1. The van der Waals surface area contributed by atoms with Gasteiger partial charge in [0.1, 0.15) is 12.0 Å². The lowest BCUT2D eigenvalue weighted by molar-refractivity contribution is -0.385. The first-order valence-electron chi connectivity index (χ1n) is 7.93.